The highest BCUT2D eigenvalue weighted by Gasteiger charge is 2.32. The van der Waals surface area contributed by atoms with Crippen LogP contribution in [0.4, 0.5) is 4.39 Å². The van der Waals surface area contributed by atoms with Crippen LogP contribution in [0.3, 0.4) is 0 Å². The molecule has 7 nitrogen and oxygen atoms in total. The van der Waals surface area contributed by atoms with Crippen molar-refractivity contribution in [3.05, 3.63) is 23.0 Å². The number of hydrogen-bond donors (Lipinski definition) is 1. The number of aromatic nitrogens is 1. The minimum Gasteiger partial charge on any atom is -0.451 e. The highest BCUT2D eigenvalue weighted by Crippen LogP contribution is 2.31. The third-order valence-corrected chi connectivity index (χ3v) is 3.80. The van der Waals surface area contributed by atoms with Gasteiger partial charge in [-0.2, -0.15) is 0 Å². The summed E-state index contributed by atoms with van der Waals surface area (Å²) in [6.07, 6.45) is -2.15. The summed E-state index contributed by atoms with van der Waals surface area (Å²) in [5, 5.41) is 4.81. The zero-order valence-electron chi connectivity index (χ0n) is 11.2. The van der Waals surface area contributed by atoms with E-state index in [2.05, 4.69) is 9.72 Å². The molecule has 1 heterocycles. The molecule has 0 spiro atoms. The van der Waals surface area contributed by atoms with E-state index in [-0.39, 0.29) is 10.7 Å². The molecule has 0 saturated heterocycles. The molecule has 0 saturated carbocycles. The maximum Gasteiger partial charge on any atom is 0.332 e. The number of primary sulfonamides is 1. The molecule has 2 atom stereocenters. The molecule has 0 amide bonds. The first kappa shape index (κ1) is 17.8. The zero-order valence-corrected chi connectivity index (χ0v) is 12.8. The summed E-state index contributed by atoms with van der Waals surface area (Å²) in [4.78, 5) is 14.6. The molecule has 0 aromatic carbocycles. The lowest BCUT2D eigenvalue weighted by Gasteiger charge is -2.20. The Balaban J connectivity index is 3.33. The summed E-state index contributed by atoms with van der Waals surface area (Å²) in [6, 6.07) is 1.18. The smallest absolute Gasteiger partial charge is 0.332 e. The average molecular weight is 341 g/mol. The lowest BCUT2D eigenvalue weighted by atomic mass is 10.1. The van der Waals surface area contributed by atoms with Crippen molar-refractivity contribution in [3.63, 3.8) is 0 Å². The second-order valence-corrected chi connectivity index (χ2v) is 5.98. The van der Waals surface area contributed by atoms with Crippen LogP contribution < -0.4 is 5.14 Å². The fourth-order valence-corrected chi connectivity index (χ4v) is 2.86. The standard InChI is InChI=1S/C11H14ClFN2O5S/c1-6(13)10(20-8(16)5-19-2)9-11(21(14,17)18)7(12)3-4-15-9/h3-4,6,10H,5H2,1-2H3,(H2,14,17,18)/t6-,10-/m0/s1. The molecule has 10 heteroatoms. The van der Waals surface area contributed by atoms with Crippen LogP contribution in [0.25, 0.3) is 0 Å². The van der Waals surface area contributed by atoms with E-state index in [0.29, 0.717) is 0 Å². The largest absolute Gasteiger partial charge is 0.451 e. The Hall–Kier alpha value is -1.29. The summed E-state index contributed by atoms with van der Waals surface area (Å²) >= 11 is 5.77. The maximum atomic E-state index is 13.7. The number of methoxy groups -OCH3 is 1. The van der Waals surface area contributed by atoms with Gasteiger partial charge in [0.1, 0.15) is 23.4 Å². The van der Waals surface area contributed by atoms with E-state index in [1.54, 1.807) is 0 Å². The van der Waals surface area contributed by atoms with Gasteiger partial charge in [0, 0.05) is 13.3 Å². The van der Waals surface area contributed by atoms with Gasteiger partial charge in [-0.25, -0.2) is 22.7 Å². The normalized spacial score (nSPS) is 14.5. The fraction of sp³-hybridized carbons (Fsp3) is 0.455. The van der Waals surface area contributed by atoms with Crippen molar-refractivity contribution in [1.82, 2.24) is 4.98 Å². The van der Waals surface area contributed by atoms with E-state index in [0.717, 1.165) is 13.1 Å². The molecule has 1 rings (SSSR count). The van der Waals surface area contributed by atoms with Crippen molar-refractivity contribution in [1.29, 1.82) is 0 Å². The van der Waals surface area contributed by atoms with Crippen LogP contribution in [0, 0.1) is 0 Å². The Bertz CT molecular complexity index is 623. The first-order chi connectivity index (χ1) is 9.68. The molecule has 1 aromatic rings. The molecular weight excluding hydrogens is 327 g/mol. The molecule has 0 aliphatic heterocycles. The van der Waals surface area contributed by atoms with Gasteiger partial charge in [0.15, 0.2) is 6.10 Å². The van der Waals surface area contributed by atoms with Crippen LogP contribution in [0.1, 0.15) is 18.7 Å². The van der Waals surface area contributed by atoms with Gasteiger partial charge in [0.25, 0.3) is 0 Å². The number of hydrogen-bond acceptors (Lipinski definition) is 6. The molecule has 0 bridgehead atoms. The first-order valence-corrected chi connectivity index (χ1v) is 7.60. The molecule has 0 unspecified atom stereocenters. The van der Waals surface area contributed by atoms with Crippen LogP contribution in [0.2, 0.25) is 5.02 Å². The van der Waals surface area contributed by atoms with Crippen LogP contribution in [0.5, 0.6) is 0 Å². The van der Waals surface area contributed by atoms with E-state index in [4.69, 9.17) is 21.5 Å². The molecule has 21 heavy (non-hydrogen) atoms. The number of carbonyl (C=O) groups is 1. The summed E-state index contributed by atoms with van der Waals surface area (Å²) in [7, 11) is -3.02. The molecule has 1 aromatic heterocycles. The van der Waals surface area contributed by atoms with Gasteiger partial charge in [-0.1, -0.05) is 11.6 Å². The fourth-order valence-electron chi connectivity index (χ4n) is 1.58. The molecule has 0 aliphatic rings. The monoisotopic (exact) mass is 340 g/mol. The molecule has 118 valence electrons. The number of nitrogens with zero attached hydrogens (tertiary/aromatic N) is 1. The van der Waals surface area contributed by atoms with Crippen LogP contribution in [-0.2, 0) is 24.3 Å². The molecule has 0 radical (unpaired) electrons. The number of pyridine rings is 1. The van der Waals surface area contributed by atoms with E-state index in [9.17, 15) is 17.6 Å². The predicted octanol–water partition coefficient (Wildman–Crippen LogP) is 0.971. The Morgan fingerprint density at radius 2 is 2.19 bits per heavy atom. The minimum absolute atomic E-state index is 0.240. The lowest BCUT2D eigenvalue weighted by molar-refractivity contribution is -0.157. The Labute approximate surface area is 126 Å². The van der Waals surface area contributed by atoms with E-state index >= 15 is 0 Å². The maximum absolute atomic E-state index is 13.7. The van der Waals surface area contributed by atoms with Crippen molar-refractivity contribution >= 4 is 27.6 Å². The average Bonchev–Trinajstić information content (AvgIpc) is 2.34. The molecular formula is C11H14ClFN2O5S. The molecule has 2 N–H and O–H groups in total. The summed E-state index contributed by atoms with van der Waals surface area (Å²) in [5.74, 6) is -0.880. The second-order valence-electron chi connectivity index (χ2n) is 4.07. The van der Waals surface area contributed by atoms with E-state index in [1.807, 2.05) is 0 Å². The number of alkyl halides is 1. The van der Waals surface area contributed by atoms with Gasteiger partial charge in [-0.15, -0.1) is 0 Å². The van der Waals surface area contributed by atoms with Crippen molar-refractivity contribution in [2.24, 2.45) is 5.14 Å². The van der Waals surface area contributed by atoms with Crippen LogP contribution >= 0.6 is 11.6 Å². The Kier molecular flexibility index (Phi) is 6.02. The molecule has 0 fully saturated rings. The van der Waals surface area contributed by atoms with Crippen molar-refractivity contribution < 1.29 is 27.1 Å². The number of esters is 1. The third kappa shape index (κ3) is 4.60. The van der Waals surface area contributed by atoms with Crippen LogP contribution in [0.15, 0.2) is 17.2 Å². The summed E-state index contributed by atoms with van der Waals surface area (Å²) in [5.41, 5.74) is -0.371. The zero-order chi connectivity index (χ0) is 16.2. The summed E-state index contributed by atoms with van der Waals surface area (Å²) in [6.45, 7) is 0.661. The van der Waals surface area contributed by atoms with Crippen molar-refractivity contribution in [3.8, 4) is 0 Å². The number of sulfonamides is 1. The second kappa shape index (κ2) is 7.12. The topological polar surface area (TPSA) is 109 Å². The number of carbonyl (C=O) groups excluding carboxylic acids is 1. The number of rotatable bonds is 6. The lowest BCUT2D eigenvalue weighted by Crippen LogP contribution is -2.26. The quantitative estimate of drug-likeness (QED) is 0.773. The number of nitrogens with two attached hydrogens (primary N) is 1. The van der Waals surface area contributed by atoms with Crippen LogP contribution in [-0.4, -0.2) is 39.3 Å². The first-order valence-electron chi connectivity index (χ1n) is 5.68. The highest BCUT2D eigenvalue weighted by molar-refractivity contribution is 7.89. The number of ether oxygens (including phenoxy) is 2. The minimum atomic E-state index is -4.27. The van der Waals surface area contributed by atoms with Gasteiger partial charge < -0.3 is 9.47 Å². The van der Waals surface area contributed by atoms with Gasteiger partial charge in [-0.05, 0) is 13.0 Å². The van der Waals surface area contributed by atoms with E-state index in [1.165, 1.54) is 13.2 Å². The highest BCUT2D eigenvalue weighted by atomic mass is 35.5. The number of halogens is 2. The van der Waals surface area contributed by atoms with Gasteiger partial charge >= 0.3 is 5.97 Å². The van der Waals surface area contributed by atoms with Gasteiger partial charge in [0.2, 0.25) is 10.0 Å². The van der Waals surface area contributed by atoms with Gasteiger partial charge in [-0.3, -0.25) is 4.98 Å². The molecule has 0 aliphatic carbocycles. The Morgan fingerprint density at radius 3 is 2.67 bits per heavy atom. The SMILES string of the molecule is COCC(=O)O[C@H](c1nccc(Cl)c1S(N)(=O)=O)[C@H](C)F. The van der Waals surface area contributed by atoms with Gasteiger partial charge in [0.05, 0.1) is 5.02 Å². The third-order valence-electron chi connectivity index (χ3n) is 2.38. The van der Waals surface area contributed by atoms with Crippen molar-refractivity contribution in [2.45, 2.75) is 24.1 Å². The predicted molar refractivity (Wildman–Crippen MR) is 71.9 cm³/mol. The Morgan fingerprint density at radius 1 is 1.57 bits per heavy atom. The van der Waals surface area contributed by atoms with Crippen molar-refractivity contribution in [2.75, 3.05) is 13.7 Å². The van der Waals surface area contributed by atoms with E-state index < -0.39 is 39.8 Å². The summed E-state index contributed by atoms with van der Waals surface area (Å²) < 4.78 is 46.3.